The zero-order valence-electron chi connectivity index (χ0n) is 15.6. The average Bonchev–Trinajstić information content (AvgIpc) is 1.00. The van der Waals surface area contributed by atoms with Gasteiger partial charge in [-0.25, -0.2) is 0 Å². The molecule has 0 aromatic rings. The van der Waals surface area contributed by atoms with E-state index in [1.807, 2.05) is 0 Å². The molecular weight excluding hydrogens is 2160 g/mol. The zero-order valence-corrected chi connectivity index (χ0v) is 83.7. The number of hydrogen-bond acceptors (Lipinski definition) is 0. The van der Waals surface area contributed by atoms with Crippen LogP contribution in [0, 0.1) is 6.92 Å². The van der Waals surface area contributed by atoms with Crippen molar-refractivity contribution in [3.63, 3.8) is 0 Å². The molecule has 0 atom stereocenters. The molecular formula is C2H5Y24-. The fourth-order valence-electron chi connectivity index (χ4n) is 0. The molecule has 26 heavy (non-hydrogen) atoms. The maximum absolute atomic E-state index is 3.25. The van der Waals surface area contributed by atoms with Crippen molar-refractivity contribution in [1.82, 2.24) is 0 Å². The third-order valence-corrected chi connectivity index (χ3v) is 0. The summed E-state index contributed by atoms with van der Waals surface area (Å²) in [6, 6.07) is 0. The Bertz CT molecular complexity index is 10.2. The van der Waals surface area contributed by atoms with E-state index in [1.165, 1.54) is 0 Å². The van der Waals surface area contributed by atoms with E-state index in [9.17, 15) is 0 Å². The van der Waals surface area contributed by atoms with E-state index >= 15 is 0 Å². The summed E-state index contributed by atoms with van der Waals surface area (Å²) in [6.07, 6.45) is 0. The van der Waals surface area contributed by atoms with Gasteiger partial charge in [0.25, 0.3) is 0 Å². The van der Waals surface area contributed by atoms with Crippen molar-refractivity contribution in [2.45, 2.75) is 6.92 Å². The van der Waals surface area contributed by atoms with Crippen molar-refractivity contribution in [2.24, 2.45) is 0 Å². The molecule has 0 heterocycles. The fourth-order valence-corrected chi connectivity index (χ4v) is 0. The van der Waals surface area contributed by atoms with Gasteiger partial charge in [0.1, 0.15) is 0 Å². The van der Waals surface area contributed by atoms with Gasteiger partial charge in [-0.3, -0.25) is 0 Å². The van der Waals surface area contributed by atoms with E-state index < -0.39 is 0 Å². The second-order valence-corrected chi connectivity index (χ2v) is 0. The van der Waals surface area contributed by atoms with E-state index in [-0.39, 0.29) is 785 Å². The molecule has 0 bridgehead atoms. The SMILES string of the molecule is [CH2-]C.[Y].[Y].[Y].[Y].[Y].[Y].[Y].[Y].[Y].[Y].[Y].[Y].[Y].[Y].[Y].[Y].[Y].[Y].[Y].[Y].[Y].[Y].[Y].[Y]. The first-order chi connectivity index (χ1) is 1.00. The molecule has 0 spiro atoms. The van der Waals surface area contributed by atoms with Crippen LogP contribution in [0.2, 0.25) is 0 Å². The number of hydrogen-bond donors (Lipinski definition) is 0. The maximum Gasteiger partial charge on any atom is 0 e. The van der Waals surface area contributed by atoms with Gasteiger partial charge in [-0.1, -0.05) is 0 Å². The molecule has 86 valence electrons. The molecule has 0 amide bonds. The molecule has 0 aromatic carbocycles. The Morgan fingerprint density at radius 3 is 0.154 bits per heavy atom. The Hall–Kier alpha value is 26.5. The Labute approximate surface area is 768 Å². The quantitative estimate of drug-likeness (QED) is 0.316. The summed E-state index contributed by atoms with van der Waals surface area (Å²) >= 11 is 0. The van der Waals surface area contributed by atoms with E-state index in [2.05, 4.69) is 6.92 Å². The molecule has 24 radical (unpaired) electrons. The zero-order chi connectivity index (χ0) is 2.00. The van der Waals surface area contributed by atoms with Crippen LogP contribution in [0.15, 0.2) is 0 Å². The molecule has 0 nitrogen and oxygen atoms in total. The van der Waals surface area contributed by atoms with Gasteiger partial charge >= 0.3 is 0 Å². The van der Waals surface area contributed by atoms with E-state index in [4.69, 9.17) is 0 Å². The molecule has 0 rings (SSSR count). The molecule has 0 N–H and O–H groups in total. The first kappa shape index (κ1) is 184. The smallest absolute Gasteiger partial charge is 0 e. The summed E-state index contributed by atoms with van der Waals surface area (Å²) in [6.45, 7) is 5.00. The second-order valence-electron chi connectivity index (χ2n) is 0. The summed E-state index contributed by atoms with van der Waals surface area (Å²) in [5.74, 6) is 0. The van der Waals surface area contributed by atoms with Gasteiger partial charge < -0.3 is 6.92 Å². The largest absolute Gasteiger partial charge is 0.346 e. The van der Waals surface area contributed by atoms with Crippen LogP contribution in [-0.2, 0) is 785 Å². The minimum Gasteiger partial charge on any atom is -0.346 e. The Kier molecular flexibility index (Phi) is 1320. The Morgan fingerprint density at radius 2 is 0.154 bits per heavy atom. The van der Waals surface area contributed by atoms with Crippen molar-refractivity contribution < 1.29 is 785 Å². The van der Waals surface area contributed by atoms with E-state index in [0.717, 1.165) is 0 Å². The number of rotatable bonds is 0. The van der Waals surface area contributed by atoms with Gasteiger partial charge in [0, 0.05) is 785 Å². The van der Waals surface area contributed by atoms with Crippen molar-refractivity contribution >= 4 is 0 Å². The summed E-state index contributed by atoms with van der Waals surface area (Å²) < 4.78 is 0. The topological polar surface area (TPSA) is 0 Å². The predicted molar refractivity (Wildman–Crippen MR) is 11.0 cm³/mol. The van der Waals surface area contributed by atoms with Gasteiger partial charge in [0.05, 0.1) is 0 Å². The van der Waals surface area contributed by atoms with Gasteiger partial charge in [-0.15, -0.1) is 0 Å². The first-order valence-electron chi connectivity index (χ1n) is 0.707. The van der Waals surface area contributed by atoms with Crippen molar-refractivity contribution in [1.29, 1.82) is 0 Å². The van der Waals surface area contributed by atoms with Crippen LogP contribution >= 0.6 is 0 Å². The van der Waals surface area contributed by atoms with Crippen LogP contribution in [0.5, 0.6) is 0 Å². The fraction of sp³-hybridized carbons (Fsp3) is 0.500. The molecule has 0 aliphatic carbocycles. The van der Waals surface area contributed by atoms with Crippen molar-refractivity contribution in [3.05, 3.63) is 6.92 Å². The minimum atomic E-state index is 0. The van der Waals surface area contributed by atoms with Crippen LogP contribution < -0.4 is 0 Å². The third-order valence-electron chi connectivity index (χ3n) is 0. The molecule has 0 saturated heterocycles. The molecule has 0 aliphatic rings. The van der Waals surface area contributed by atoms with Crippen molar-refractivity contribution in [3.8, 4) is 0 Å². The summed E-state index contributed by atoms with van der Waals surface area (Å²) in [7, 11) is 0. The second kappa shape index (κ2) is 187. The standard InChI is InChI=1S/C2H5.24Y/c1-2;;;;;;;;;;;;;;;;;;;;;;;;/h1H2,2H3;;;;;;;;;;;;;;;;;;;;;;;;/q-1;;;;;;;;;;;;;;;;;;;;;;;;. The Morgan fingerprint density at radius 1 is 0.154 bits per heavy atom. The molecule has 0 aliphatic heterocycles. The van der Waals surface area contributed by atoms with E-state index in [0.29, 0.717) is 0 Å². The Balaban J connectivity index is -0.0000000000181. The minimum absolute atomic E-state index is 0. The van der Waals surface area contributed by atoms with E-state index in [1.54, 1.807) is 6.92 Å². The van der Waals surface area contributed by atoms with Gasteiger partial charge in [0.15, 0.2) is 0 Å². The molecule has 0 fully saturated rings. The van der Waals surface area contributed by atoms with Crippen molar-refractivity contribution in [2.75, 3.05) is 0 Å². The predicted octanol–water partition coefficient (Wildman–Crippen LogP) is 0.780. The molecule has 0 saturated carbocycles. The van der Waals surface area contributed by atoms with Crippen LogP contribution in [0.25, 0.3) is 0 Å². The summed E-state index contributed by atoms with van der Waals surface area (Å²) in [4.78, 5) is 0. The van der Waals surface area contributed by atoms with Gasteiger partial charge in [-0.2, -0.15) is 6.92 Å². The van der Waals surface area contributed by atoms with Gasteiger partial charge in [0.2, 0.25) is 0 Å². The normalized spacial score (nSPS) is 0.231. The average molecular weight is 2160 g/mol. The third kappa shape index (κ3) is 176. The first-order valence-corrected chi connectivity index (χ1v) is 0.707. The van der Waals surface area contributed by atoms with Crippen LogP contribution in [0.1, 0.15) is 6.92 Å². The molecule has 0 unspecified atom stereocenters. The monoisotopic (exact) mass is 2160 g/mol. The van der Waals surface area contributed by atoms with Crippen LogP contribution in [-0.4, -0.2) is 0 Å². The summed E-state index contributed by atoms with van der Waals surface area (Å²) in [5.41, 5.74) is 0. The van der Waals surface area contributed by atoms with Crippen LogP contribution in [0.3, 0.4) is 0 Å². The summed E-state index contributed by atoms with van der Waals surface area (Å²) in [5, 5.41) is 0. The molecule has 0 aromatic heterocycles. The van der Waals surface area contributed by atoms with Gasteiger partial charge in [-0.05, 0) is 0 Å². The van der Waals surface area contributed by atoms with Crippen LogP contribution in [0.4, 0.5) is 0 Å². The maximum atomic E-state index is 3.25. The molecule has 24 heteroatoms.